The number of ether oxygens (including phenoxy) is 2. The summed E-state index contributed by atoms with van der Waals surface area (Å²) >= 11 is 0. The molecule has 6 heteroatoms. The van der Waals surface area contributed by atoms with Gasteiger partial charge >= 0.3 is 6.09 Å². The number of nitrogens with zero attached hydrogens (tertiary/aromatic N) is 2. The molecule has 1 heterocycles. The zero-order chi connectivity index (χ0) is 12.1. The van der Waals surface area contributed by atoms with Gasteiger partial charge in [0.2, 0.25) is 5.88 Å². The van der Waals surface area contributed by atoms with E-state index in [2.05, 4.69) is 9.72 Å². The number of nitriles is 1. The summed E-state index contributed by atoms with van der Waals surface area (Å²) in [6.07, 6.45) is 0.194. The van der Waals surface area contributed by atoms with E-state index in [1.807, 2.05) is 19.9 Å². The highest BCUT2D eigenvalue weighted by atomic mass is 16.6. The van der Waals surface area contributed by atoms with Gasteiger partial charge in [0.05, 0.1) is 12.3 Å². The number of hydrogen-bond donors (Lipinski definition) is 1. The molecule has 0 saturated heterocycles. The Morgan fingerprint density at radius 3 is 2.81 bits per heavy atom. The molecule has 0 aromatic carbocycles. The smallest absolute Gasteiger partial charge is 0.411 e. The molecule has 0 saturated carbocycles. The average Bonchev–Trinajstić information content (AvgIpc) is 2.16. The SMILES string of the molecule is CC(C)Oc1cc(OC(N)=O)ncc1C#N. The van der Waals surface area contributed by atoms with Crippen molar-refractivity contribution in [2.24, 2.45) is 5.73 Å². The van der Waals surface area contributed by atoms with Crippen LogP contribution < -0.4 is 15.2 Å². The van der Waals surface area contributed by atoms with Crippen LogP contribution in [0.4, 0.5) is 4.79 Å². The Morgan fingerprint density at radius 2 is 2.31 bits per heavy atom. The van der Waals surface area contributed by atoms with Crippen LogP contribution in [-0.4, -0.2) is 17.2 Å². The maximum absolute atomic E-state index is 10.5. The topological polar surface area (TPSA) is 98.2 Å². The quantitative estimate of drug-likeness (QED) is 0.826. The Kier molecular flexibility index (Phi) is 3.67. The number of amides is 1. The number of aromatic nitrogens is 1. The standard InChI is InChI=1S/C10H11N3O3/c1-6(2)15-8-3-9(16-10(12)14)13-5-7(8)4-11/h3,5-6H,1-2H3,(H2,12,14). The summed E-state index contributed by atoms with van der Waals surface area (Å²) in [5.41, 5.74) is 5.11. The van der Waals surface area contributed by atoms with Crippen LogP contribution in [0.5, 0.6) is 11.6 Å². The van der Waals surface area contributed by atoms with Crippen LogP contribution in [0.25, 0.3) is 0 Å². The second-order valence-electron chi connectivity index (χ2n) is 3.22. The lowest BCUT2D eigenvalue weighted by atomic mass is 10.3. The van der Waals surface area contributed by atoms with Gasteiger partial charge in [-0.2, -0.15) is 5.26 Å². The lowest BCUT2D eigenvalue weighted by Gasteiger charge is -2.11. The molecule has 1 rings (SSSR count). The third-order valence-electron chi connectivity index (χ3n) is 1.53. The van der Waals surface area contributed by atoms with E-state index in [-0.39, 0.29) is 17.5 Å². The van der Waals surface area contributed by atoms with Crippen molar-refractivity contribution in [3.8, 4) is 17.7 Å². The first kappa shape index (κ1) is 11.8. The number of rotatable bonds is 3. The zero-order valence-electron chi connectivity index (χ0n) is 8.93. The minimum atomic E-state index is -0.965. The molecule has 0 aliphatic carbocycles. The summed E-state index contributed by atoms with van der Waals surface area (Å²) < 4.78 is 9.94. The highest BCUT2D eigenvalue weighted by Crippen LogP contribution is 2.22. The fourth-order valence-electron chi connectivity index (χ4n) is 1.01. The maximum Gasteiger partial charge on any atom is 0.411 e. The van der Waals surface area contributed by atoms with E-state index in [1.54, 1.807) is 0 Å². The third kappa shape index (κ3) is 3.13. The van der Waals surface area contributed by atoms with Crippen molar-refractivity contribution in [1.82, 2.24) is 4.98 Å². The zero-order valence-corrected chi connectivity index (χ0v) is 8.93. The predicted molar refractivity (Wildman–Crippen MR) is 54.9 cm³/mol. The van der Waals surface area contributed by atoms with Crippen molar-refractivity contribution in [1.29, 1.82) is 5.26 Å². The molecule has 2 N–H and O–H groups in total. The van der Waals surface area contributed by atoms with Gasteiger partial charge in [-0.15, -0.1) is 0 Å². The molecule has 0 fully saturated rings. The van der Waals surface area contributed by atoms with E-state index in [1.165, 1.54) is 12.3 Å². The first-order chi connectivity index (χ1) is 7.52. The maximum atomic E-state index is 10.5. The van der Waals surface area contributed by atoms with Crippen LogP contribution >= 0.6 is 0 Å². The van der Waals surface area contributed by atoms with Crippen LogP contribution in [0.3, 0.4) is 0 Å². The van der Waals surface area contributed by atoms with E-state index < -0.39 is 6.09 Å². The molecule has 16 heavy (non-hydrogen) atoms. The van der Waals surface area contributed by atoms with E-state index in [9.17, 15) is 4.79 Å². The molecular weight excluding hydrogens is 210 g/mol. The predicted octanol–water partition coefficient (Wildman–Crippen LogP) is 1.20. The number of nitrogens with two attached hydrogens (primary N) is 1. The Bertz CT molecular complexity index is 437. The highest BCUT2D eigenvalue weighted by Gasteiger charge is 2.10. The van der Waals surface area contributed by atoms with Crippen LogP contribution in [0, 0.1) is 11.3 Å². The van der Waals surface area contributed by atoms with Gasteiger partial charge in [-0.05, 0) is 13.8 Å². The summed E-state index contributed by atoms with van der Waals surface area (Å²) in [6, 6.07) is 3.27. The molecule has 1 aromatic heterocycles. The molecule has 0 aliphatic heterocycles. The molecule has 0 unspecified atom stereocenters. The highest BCUT2D eigenvalue weighted by molar-refractivity contribution is 5.67. The second-order valence-corrected chi connectivity index (χ2v) is 3.22. The first-order valence-corrected chi connectivity index (χ1v) is 4.57. The summed E-state index contributed by atoms with van der Waals surface area (Å²) in [6.45, 7) is 3.63. The monoisotopic (exact) mass is 221 g/mol. The molecule has 0 aliphatic rings. The van der Waals surface area contributed by atoms with Gasteiger partial charge in [-0.3, -0.25) is 0 Å². The molecule has 6 nitrogen and oxygen atoms in total. The summed E-state index contributed by atoms with van der Waals surface area (Å²) in [5, 5.41) is 8.80. The normalized spacial score (nSPS) is 9.62. The summed E-state index contributed by atoms with van der Waals surface area (Å²) in [5.74, 6) is 0.311. The lowest BCUT2D eigenvalue weighted by molar-refractivity contribution is 0.208. The van der Waals surface area contributed by atoms with Crippen molar-refractivity contribution in [3.63, 3.8) is 0 Å². The molecule has 84 valence electrons. The van der Waals surface area contributed by atoms with Crippen LogP contribution in [0.1, 0.15) is 19.4 Å². The summed E-state index contributed by atoms with van der Waals surface area (Å²) in [4.78, 5) is 14.2. The van der Waals surface area contributed by atoms with Crippen LogP contribution in [-0.2, 0) is 0 Å². The van der Waals surface area contributed by atoms with Crippen molar-refractivity contribution in [3.05, 3.63) is 17.8 Å². The number of carbonyl (C=O) groups is 1. The van der Waals surface area contributed by atoms with Gasteiger partial charge in [0.1, 0.15) is 17.4 Å². The van der Waals surface area contributed by atoms with Gasteiger partial charge in [0.15, 0.2) is 0 Å². The third-order valence-corrected chi connectivity index (χ3v) is 1.53. The molecule has 1 amide bonds. The molecule has 0 spiro atoms. The molecule has 0 radical (unpaired) electrons. The number of hydrogen-bond acceptors (Lipinski definition) is 5. The number of pyridine rings is 1. The van der Waals surface area contributed by atoms with E-state index in [0.29, 0.717) is 5.75 Å². The van der Waals surface area contributed by atoms with Gasteiger partial charge in [-0.1, -0.05) is 0 Å². The lowest BCUT2D eigenvalue weighted by Crippen LogP contribution is -2.17. The fraction of sp³-hybridized carbons (Fsp3) is 0.300. The fourth-order valence-corrected chi connectivity index (χ4v) is 1.01. The van der Waals surface area contributed by atoms with Crippen molar-refractivity contribution >= 4 is 6.09 Å². The Hall–Kier alpha value is -2.29. The van der Waals surface area contributed by atoms with Gasteiger partial charge < -0.3 is 15.2 Å². The average molecular weight is 221 g/mol. The van der Waals surface area contributed by atoms with Gasteiger partial charge in [0, 0.05) is 6.07 Å². The Morgan fingerprint density at radius 1 is 1.62 bits per heavy atom. The van der Waals surface area contributed by atoms with Gasteiger partial charge in [-0.25, -0.2) is 9.78 Å². The Balaban J connectivity index is 3.02. The van der Waals surface area contributed by atoms with Crippen LogP contribution in [0.2, 0.25) is 0 Å². The largest absolute Gasteiger partial charge is 0.489 e. The second kappa shape index (κ2) is 4.98. The molecule has 0 atom stereocenters. The van der Waals surface area contributed by atoms with E-state index in [0.717, 1.165) is 0 Å². The minimum Gasteiger partial charge on any atom is -0.489 e. The van der Waals surface area contributed by atoms with Gasteiger partial charge in [0.25, 0.3) is 0 Å². The molecular formula is C10H11N3O3. The van der Waals surface area contributed by atoms with Crippen molar-refractivity contribution in [2.75, 3.05) is 0 Å². The first-order valence-electron chi connectivity index (χ1n) is 4.57. The number of carbonyl (C=O) groups excluding carboxylic acids is 1. The van der Waals surface area contributed by atoms with Crippen LogP contribution in [0.15, 0.2) is 12.3 Å². The Labute approximate surface area is 92.6 Å². The van der Waals surface area contributed by atoms with E-state index in [4.69, 9.17) is 15.7 Å². The minimum absolute atomic E-state index is 0.00199. The number of primary amides is 1. The van der Waals surface area contributed by atoms with Crippen molar-refractivity contribution < 1.29 is 14.3 Å². The van der Waals surface area contributed by atoms with Crippen molar-refractivity contribution in [2.45, 2.75) is 20.0 Å². The molecule has 1 aromatic rings. The molecule has 0 bridgehead atoms. The van der Waals surface area contributed by atoms with E-state index >= 15 is 0 Å². The summed E-state index contributed by atoms with van der Waals surface area (Å²) in [7, 11) is 0.